The van der Waals surface area contributed by atoms with E-state index in [1.807, 2.05) is 56.9 Å². The van der Waals surface area contributed by atoms with Crippen molar-refractivity contribution < 1.29 is 23.9 Å². The summed E-state index contributed by atoms with van der Waals surface area (Å²) in [7, 11) is -0.437. The Morgan fingerprint density at radius 2 is 1.38 bits per heavy atom. The summed E-state index contributed by atoms with van der Waals surface area (Å²) in [6.07, 6.45) is 3.54. The van der Waals surface area contributed by atoms with Crippen LogP contribution >= 0.6 is 0 Å². The number of aliphatic hydroxyl groups is 1. The molecule has 6 nitrogen and oxygen atoms in total. The highest BCUT2D eigenvalue weighted by molar-refractivity contribution is 6.62. The Hall–Kier alpha value is -3.13. The van der Waals surface area contributed by atoms with Crippen LogP contribution in [0.4, 0.5) is 4.79 Å². The summed E-state index contributed by atoms with van der Waals surface area (Å²) in [4.78, 5) is 15.6. The van der Waals surface area contributed by atoms with Crippen LogP contribution in [0.3, 0.4) is 0 Å². The van der Waals surface area contributed by atoms with Crippen molar-refractivity contribution in [2.24, 2.45) is 0 Å². The lowest BCUT2D eigenvalue weighted by Gasteiger charge is -2.51. The highest BCUT2D eigenvalue weighted by atomic mass is 16.7. The van der Waals surface area contributed by atoms with Gasteiger partial charge in [-0.2, -0.15) is 0 Å². The highest BCUT2D eigenvalue weighted by Crippen LogP contribution is 2.47. The van der Waals surface area contributed by atoms with Gasteiger partial charge in [0.15, 0.2) is 0 Å². The number of fused-ring (bicyclic) bond motifs is 5. The summed E-state index contributed by atoms with van der Waals surface area (Å²) >= 11 is 0. The van der Waals surface area contributed by atoms with Crippen LogP contribution in [-0.4, -0.2) is 53.1 Å². The van der Waals surface area contributed by atoms with Crippen LogP contribution < -0.4 is 5.46 Å². The number of piperidine rings is 2. The van der Waals surface area contributed by atoms with Gasteiger partial charge in [-0.15, -0.1) is 0 Å². The fraction of sp³-hybridized carbons (Fsp3) is 0.457. The van der Waals surface area contributed by atoms with Crippen LogP contribution in [0, 0.1) is 0 Å². The molecule has 4 aliphatic rings. The molecule has 218 valence electrons. The van der Waals surface area contributed by atoms with E-state index in [-0.39, 0.29) is 24.1 Å². The van der Waals surface area contributed by atoms with E-state index in [1.165, 1.54) is 22.3 Å². The lowest BCUT2D eigenvalue weighted by molar-refractivity contribution is -0.0891. The van der Waals surface area contributed by atoms with Gasteiger partial charge in [0.05, 0.1) is 16.8 Å². The number of hydrogen-bond acceptors (Lipinski definition) is 5. The molecular formula is C35H40BNO5. The average Bonchev–Trinajstić information content (AvgIpc) is 3.40. The summed E-state index contributed by atoms with van der Waals surface area (Å²) in [5, 5.41) is 12.0. The Balaban J connectivity index is 1.05. The zero-order chi connectivity index (χ0) is 29.3. The largest absolute Gasteiger partial charge is 0.494 e. The molecule has 0 aromatic heterocycles. The predicted molar refractivity (Wildman–Crippen MR) is 164 cm³/mol. The average molecular weight is 566 g/mol. The van der Waals surface area contributed by atoms with Crippen molar-refractivity contribution in [2.45, 2.75) is 94.6 Å². The van der Waals surface area contributed by atoms with E-state index in [2.05, 4.69) is 48.5 Å². The number of ether oxygens (including phenoxy) is 1. The molecule has 0 spiro atoms. The van der Waals surface area contributed by atoms with E-state index >= 15 is 0 Å². The van der Waals surface area contributed by atoms with Crippen molar-refractivity contribution in [3.05, 3.63) is 89.5 Å². The molecule has 0 radical (unpaired) electrons. The Morgan fingerprint density at radius 1 is 0.857 bits per heavy atom. The van der Waals surface area contributed by atoms with Crippen molar-refractivity contribution >= 4 is 18.7 Å². The number of benzene rings is 3. The summed E-state index contributed by atoms with van der Waals surface area (Å²) in [5.41, 5.74) is 4.88. The second-order valence-corrected chi connectivity index (χ2v) is 13.6. The summed E-state index contributed by atoms with van der Waals surface area (Å²) in [5.74, 6) is 0.0328. The van der Waals surface area contributed by atoms with E-state index in [0.29, 0.717) is 19.4 Å². The lowest BCUT2D eigenvalue weighted by atomic mass is 9.71. The van der Waals surface area contributed by atoms with Crippen LogP contribution in [0.1, 0.15) is 82.4 Å². The molecule has 7 rings (SSSR count). The van der Waals surface area contributed by atoms with Crippen LogP contribution in [0.2, 0.25) is 0 Å². The Labute approximate surface area is 249 Å². The first kappa shape index (κ1) is 27.7. The topological polar surface area (TPSA) is 68.2 Å². The van der Waals surface area contributed by atoms with Gasteiger partial charge in [-0.3, -0.25) is 0 Å². The molecule has 3 fully saturated rings. The molecule has 1 aliphatic carbocycles. The number of carbonyl (C=O) groups is 1. The predicted octanol–water partition coefficient (Wildman–Crippen LogP) is 6.14. The van der Waals surface area contributed by atoms with E-state index in [9.17, 15) is 9.90 Å². The van der Waals surface area contributed by atoms with Gasteiger partial charge < -0.3 is 24.1 Å². The quantitative estimate of drug-likeness (QED) is 0.385. The minimum Gasteiger partial charge on any atom is -0.448 e. The Morgan fingerprint density at radius 3 is 1.93 bits per heavy atom. The monoisotopic (exact) mass is 565 g/mol. The highest BCUT2D eigenvalue weighted by Gasteiger charge is 2.52. The van der Waals surface area contributed by atoms with Crippen LogP contribution in [-0.2, 0) is 19.6 Å². The third-order valence-electron chi connectivity index (χ3n) is 10.5. The Bertz CT molecular complexity index is 1430. The molecule has 3 saturated heterocycles. The molecule has 3 aromatic carbocycles. The first-order valence-electron chi connectivity index (χ1n) is 15.4. The molecule has 3 aromatic rings. The molecule has 2 unspecified atom stereocenters. The van der Waals surface area contributed by atoms with Crippen LogP contribution in [0.15, 0.2) is 72.8 Å². The normalized spacial score (nSPS) is 27.5. The summed E-state index contributed by atoms with van der Waals surface area (Å²) in [6, 6.07) is 24.7. The second-order valence-electron chi connectivity index (χ2n) is 13.6. The van der Waals surface area contributed by atoms with Crippen molar-refractivity contribution in [1.29, 1.82) is 0 Å². The first-order chi connectivity index (χ1) is 20.1. The van der Waals surface area contributed by atoms with Crippen molar-refractivity contribution in [3.8, 4) is 11.1 Å². The van der Waals surface area contributed by atoms with E-state index in [0.717, 1.165) is 30.3 Å². The lowest BCUT2D eigenvalue weighted by Crippen LogP contribution is -2.59. The molecule has 7 heteroatoms. The summed E-state index contributed by atoms with van der Waals surface area (Å²) in [6.45, 7) is 8.51. The standard InChI is InChI=1S/C35H40BNO5/c1-33(2)34(3,4)42-36(41-33)24-18-16-23(17-19-24)35(39)20-25-10-9-11-26(21-35)37(25)32(38)40-22-31-29-14-7-5-12-27(29)28-13-6-8-15-30(28)31/h5-8,12-19,25-26,31,39H,9-11,20-22H2,1-4H3. The van der Waals surface area contributed by atoms with Gasteiger partial charge in [0.1, 0.15) is 6.61 Å². The van der Waals surface area contributed by atoms with Gasteiger partial charge in [0.2, 0.25) is 0 Å². The van der Waals surface area contributed by atoms with Crippen molar-refractivity contribution in [2.75, 3.05) is 6.61 Å². The molecule has 2 bridgehead atoms. The van der Waals surface area contributed by atoms with Gasteiger partial charge in [0, 0.05) is 30.8 Å². The molecule has 2 atom stereocenters. The number of carbonyl (C=O) groups excluding carboxylic acids is 1. The third-order valence-corrected chi connectivity index (χ3v) is 10.5. The molecule has 42 heavy (non-hydrogen) atoms. The fourth-order valence-corrected chi connectivity index (χ4v) is 7.56. The van der Waals surface area contributed by atoms with Gasteiger partial charge in [-0.1, -0.05) is 72.8 Å². The number of rotatable bonds is 4. The van der Waals surface area contributed by atoms with Gasteiger partial charge in [0.25, 0.3) is 0 Å². The maximum atomic E-state index is 13.6. The SMILES string of the molecule is CC1(C)OB(c2ccc(C3(O)CC4CCCC(C3)N4C(=O)OCC3c4ccccc4-c4ccccc43)cc2)OC1(C)C. The van der Waals surface area contributed by atoms with Crippen molar-refractivity contribution in [3.63, 3.8) is 0 Å². The molecule has 3 heterocycles. The minimum absolute atomic E-state index is 0.0328. The van der Waals surface area contributed by atoms with E-state index in [1.54, 1.807) is 0 Å². The maximum Gasteiger partial charge on any atom is 0.494 e. The molecule has 0 saturated carbocycles. The smallest absolute Gasteiger partial charge is 0.448 e. The van der Waals surface area contributed by atoms with Crippen LogP contribution in [0.5, 0.6) is 0 Å². The molecular weight excluding hydrogens is 525 g/mol. The fourth-order valence-electron chi connectivity index (χ4n) is 7.56. The maximum absolute atomic E-state index is 13.6. The molecule has 3 aliphatic heterocycles. The van der Waals surface area contributed by atoms with Gasteiger partial charge in [-0.05, 0) is 80.2 Å². The van der Waals surface area contributed by atoms with E-state index in [4.69, 9.17) is 14.0 Å². The van der Waals surface area contributed by atoms with E-state index < -0.39 is 23.9 Å². The molecule has 1 amide bonds. The number of nitrogens with zero attached hydrogens (tertiary/aromatic N) is 1. The number of hydrogen-bond donors (Lipinski definition) is 1. The first-order valence-corrected chi connectivity index (χ1v) is 15.4. The zero-order valence-corrected chi connectivity index (χ0v) is 25.0. The molecule has 1 N–H and O–H groups in total. The second kappa shape index (κ2) is 9.97. The number of amides is 1. The zero-order valence-electron chi connectivity index (χ0n) is 25.0. The van der Waals surface area contributed by atoms with Crippen molar-refractivity contribution in [1.82, 2.24) is 4.90 Å². The van der Waals surface area contributed by atoms with Gasteiger partial charge in [-0.25, -0.2) is 4.79 Å². The minimum atomic E-state index is -0.996. The summed E-state index contributed by atoms with van der Waals surface area (Å²) < 4.78 is 18.5. The third kappa shape index (κ3) is 4.48. The van der Waals surface area contributed by atoms with Crippen LogP contribution in [0.25, 0.3) is 11.1 Å². The Kier molecular flexibility index (Phi) is 6.57. The van der Waals surface area contributed by atoms with Gasteiger partial charge >= 0.3 is 13.2 Å².